The lowest BCUT2D eigenvalue weighted by Gasteiger charge is -2.01. The Balaban J connectivity index is 3.10. The van der Waals surface area contributed by atoms with Gasteiger partial charge in [-0.05, 0) is 6.07 Å². The molecular formula is C8H9N3O. The number of nitrogens with zero attached hydrogens (tertiary/aromatic N) is 2. The molecule has 0 aliphatic heterocycles. The zero-order valence-electron chi connectivity index (χ0n) is 6.53. The molecule has 0 saturated carbocycles. The molecule has 4 nitrogen and oxygen atoms in total. The van der Waals surface area contributed by atoms with Crippen molar-refractivity contribution in [3.05, 3.63) is 34.2 Å². The van der Waals surface area contributed by atoms with Crippen LogP contribution in [0.15, 0.2) is 23.1 Å². The fourth-order valence-electron chi connectivity index (χ4n) is 0.911. The maximum Gasteiger partial charge on any atom is 0.250 e. The molecule has 0 aliphatic rings. The topological polar surface area (TPSA) is 71.8 Å². The molecule has 0 unspecified atom stereocenters. The van der Waals surface area contributed by atoms with Crippen LogP contribution < -0.4 is 11.3 Å². The molecule has 0 saturated heterocycles. The lowest BCUT2D eigenvalue weighted by molar-refractivity contribution is 0.679. The van der Waals surface area contributed by atoms with E-state index in [9.17, 15) is 4.79 Å². The molecule has 0 aliphatic carbocycles. The van der Waals surface area contributed by atoms with Crippen molar-refractivity contribution in [1.82, 2.24) is 4.57 Å². The number of pyridine rings is 1. The van der Waals surface area contributed by atoms with E-state index in [1.54, 1.807) is 0 Å². The average Bonchev–Trinajstić information content (AvgIpc) is 2.09. The molecule has 0 amide bonds. The zero-order valence-corrected chi connectivity index (χ0v) is 6.53. The van der Waals surface area contributed by atoms with E-state index in [4.69, 9.17) is 11.0 Å². The van der Waals surface area contributed by atoms with Crippen molar-refractivity contribution in [2.24, 2.45) is 5.73 Å². The van der Waals surface area contributed by atoms with Gasteiger partial charge in [-0.2, -0.15) is 5.26 Å². The third-order valence-corrected chi connectivity index (χ3v) is 1.48. The van der Waals surface area contributed by atoms with Crippen LogP contribution in [-0.2, 0) is 6.54 Å². The van der Waals surface area contributed by atoms with Crippen LogP contribution in [0.5, 0.6) is 0 Å². The molecule has 1 aromatic heterocycles. The van der Waals surface area contributed by atoms with Gasteiger partial charge in [-0.1, -0.05) is 0 Å². The maximum absolute atomic E-state index is 11.1. The number of hydrogen-bond acceptors (Lipinski definition) is 3. The zero-order chi connectivity index (χ0) is 8.97. The van der Waals surface area contributed by atoms with Crippen LogP contribution in [0.4, 0.5) is 0 Å². The van der Waals surface area contributed by atoms with Crippen molar-refractivity contribution in [3.63, 3.8) is 0 Å². The molecule has 12 heavy (non-hydrogen) atoms. The van der Waals surface area contributed by atoms with Crippen molar-refractivity contribution < 1.29 is 0 Å². The summed E-state index contributed by atoms with van der Waals surface area (Å²) in [6.45, 7) is 0.850. The standard InChI is InChI=1S/C8H9N3O/c9-3-4-11-6-7(5-10)1-2-8(11)12/h1-2,6H,3-4,9H2. The highest BCUT2D eigenvalue weighted by Gasteiger charge is 1.95. The summed E-state index contributed by atoms with van der Waals surface area (Å²) >= 11 is 0. The van der Waals surface area contributed by atoms with Crippen LogP contribution in [0.1, 0.15) is 5.56 Å². The van der Waals surface area contributed by atoms with E-state index < -0.39 is 0 Å². The third kappa shape index (κ3) is 1.71. The number of nitrogens with two attached hydrogens (primary N) is 1. The van der Waals surface area contributed by atoms with Gasteiger partial charge in [0, 0.05) is 25.4 Å². The van der Waals surface area contributed by atoms with Gasteiger partial charge in [-0.25, -0.2) is 0 Å². The molecule has 0 atom stereocenters. The van der Waals surface area contributed by atoms with Gasteiger partial charge >= 0.3 is 0 Å². The van der Waals surface area contributed by atoms with Gasteiger partial charge < -0.3 is 10.3 Å². The van der Waals surface area contributed by atoms with Crippen LogP contribution in [-0.4, -0.2) is 11.1 Å². The van der Waals surface area contributed by atoms with Crippen molar-refractivity contribution in [2.45, 2.75) is 6.54 Å². The largest absolute Gasteiger partial charge is 0.329 e. The predicted molar refractivity (Wildman–Crippen MR) is 44.5 cm³/mol. The van der Waals surface area contributed by atoms with E-state index in [1.165, 1.54) is 22.9 Å². The monoisotopic (exact) mass is 163 g/mol. The quantitative estimate of drug-likeness (QED) is 0.649. The van der Waals surface area contributed by atoms with Crippen molar-refractivity contribution in [2.75, 3.05) is 6.54 Å². The highest BCUT2D eigenvalue weighted by Crippen LogP contribution is 1.91. The van der Waals surface area contributed by atoms with E-state index in [2.05, 4.69) is 0 Å². The Bertz CT molecular complexity index is 361. The van der Waals surface area contributed by atoms with E-state index in [-0.39, 0.29) is 5.56 Å². The second-order valence-corrected chi connectivity index (χ2v) is 2.35. The minimum atomic E-state index is -0.126. The molecule has 0 bridgehead atoms. The fourth-order valence-corrected chi connectivity index (χ4v) is 0.911. The van der Waals surface area contributed by atoms with Gasteiger partial charge in [-0.15, -0.1) is 0 Å². The molecule has 0 fully saturated rings. The molecule has 0 aromatic carbocycles. The van der Waals surface area contributed by atoms with Crippen LogP contribution in [0.25, 0.3) is 0 Å². The summed E-state index contributed by atoms with van der Waals surface area (Å²) in [7, 11) is 0. The SMILES string of the molecule is N#Cc1ccc(=O)n(CCN)c1. The molecule has 4 heteroatoms. The first-order valence-corrected chi connectivity index (χ1v) is 3.58. The second kappa shape index (κ2) is 3.69. The molecule has 2 N–H and O–H groups in total. The molecule has 0 spiro atoms. The smallest absolute Gasteiger partial charge is 0.250 e. The van der Waals surface area contributed by atoms with E-state index in [0.29, 0.717) is 18.7 Å². The Morgan fingerprint density at radius 2 is 2.33 bits per heavy atom. The summed E-state index contributed by atoms with van der Waals surface area (Å²) < 4.78 is 1.43. The minimum Gasteiger partial charge on any atom is -0.329 e. The van der Waals surface area contributed by atoms with E-state index in [1.807, 2.05) is 6.07 Å². The Hall–Kier alpha value is -1.60. The van der Waals surface area contributed by atoms with E-state index in [0.717, 1.165) is 0 Å². The molecular weight excluding hydrogens is 154 g/mol. The van der Waals surface area contributed by atoms with Gasteiger partial charge in [0.25, 0.3) is 5.56 Å². The lowest BCUT2D eigenvalue weighted by Crippen LogP contribution is -2.22. The van der Waals surface area contributed by atoms with E-state index >= 15 is 0 Å². The highest BCUT2D eigenvalue weighted by molar-refractivity contribution is 5.24. The van der Waals surface area contributed by atoms with Gasteiger partial charge in [0.15, 0.2) is 0 Å². The van der Waals surface area contributed by atoms with Gasteiger partial charge in [-0.3, -0.25) is 4.79 Å². The van der Waals surface area contributed by atoms with Crippen LogP contribution in [0.3, 0.4) is 0 Å². The minimum absolute atomic E-state index is 0.126. The highest BCUT2D eigenvalue weighted by atomic mass is 16.1. The van der Waals surface area contributed by atoms with Crippen molar-refractivity contribution in [3.8, 4) is 6.07 Å². The number of rotatable bonds is 2. The Labute approximate surface area is 69.8 Å². The second-order valence-electron chi connectivity index (χ2n) is 2.35. The summed E-state index contributed by atoms with van der Waals surface area (Å²) in [5.41, 5.74) is 5.63. The molecule has 0 radical (unpaired) electrons. The maximum atomic E-state index is 11.1. The van der Waals surface area contributed by atoms with Crippen molar-refractivity contribution in [1.29, 1.82) is 5.26 Å². The first-order chi connectivity index (χ1) is 5.77. The summed E-state index contributed by atoms with van der Waals surface area (Å²) in [5, 5.41) is 8.52. The van der Waals surface area contributed by atoms with Gasteiger partial charge in [0.05, 0.1) is 5.56 Å². The summed E-state index contributed by atoms with van der Waals surface area (Å²) in [4.78, 5) is 11.1. The number of hydrogen-bond donors (Lipinski definition) is 1. The summed E-state index contributed by atoms with van der Waals surface area (Å²) in [6.07, 6.45) is 1.51. The predicted octanol–water partition coefficient (Wildman–Crippen LogP) is -0.321. The van der Waals surface area contributed by atoms with Gasteiger partial charge in [0.1, 0.15) is 6.07 Å². The summed E-state index contributed by atoms with van der Waals surface area (Å²) in [6, 6.07) is 4.82. The normalized spacial score (nSPS) is 9.33. The Morgan fingerprint density at radius 1 is 1.58 bits per heavy atom. The average molecular weight is 163 g/mol. The van der Waals surface area contributed by atoms with Crippen LogP contribution in [0.2, 0.25) is 0 Å². The number of aromatic nitrogens is 1. The van der Waals surface area contributed by atoms with Crippen LogP contribution >= 0.6 is 0 Å². The molecule has 1 heterocycles. The first-order valence-electron chi connectivity index (χ1n) is 3.58. The molecule has 1 rings (SSSR count). The fraction of sp³-hybridized carbons (Fsp3) is 0.250. The molecule has 62 valence electrons. The Morgan fingerprint density at radius 3 is 2.92 bits per heavy atom. The summed E-state index contributed by atoms with van der Waals surface area (Å²) in [5.74, 6) is 0. The first kappa shape index (κ1) is 8.50. The third-order valence-electron chi connectivity index (χ3n) is 1.48. The lowest BCUT2D eigenvalue weighted by atomic mass is 10.3. The van der Waals surface area contributed by atoms with Crippen molar-refractivity contribution >= 4 is 0 Å². The Kier molecular flexibility index (Phi) is 2.62. The van der Waals surface area contributed by atoms with Gasteiger partial charge in [0.2, 0.25) is 0 Å². The number of nitriles is 1. The van der Waals surface area contributed by atoms with Crippen LogP contribution in [0, 0.1) is 11.3 Å². The molecule has 1 aromatic rings.